The lowest BCUT2D eigenvalue weighted by Crippen LogP contribution is -2.14. The first-order chi connectivity index (χ1) is 22.1. The summed E-state index contributed by atoms with van der Waals surface area (Å²) in [5.74, 6) is 1.33. The Morgan fingerprint density at radius 2 is 0.978 bits per heavy atom. The van der Waals surface area contributed by atoms with Gasteiger partial charge in [-0.2, -0.15) is 9.97 Å². The lowest BCUT2D eigenvalue weighted by molar-refractivity contribution is 0.0515. The number of hydrogen-bond acceptors (Lipinski definition) is 12. The topological polar surface area (TPSA) is 147 Å². The van der Waals surface area contributed by atoms with Crippen molar-refractivity contribution in [2.75, 3.05) is 38.1 Å². The van der Waals surface area contributed by atoms with Crippen LogP contribution in [0.3, 0.4) is 0 Å². The van der Waals surface area contributed by atoms with Gasteiger partial charge in [0.25, 0.3) is 0 Å². The molecule has 0 saturated heterocycles. The van der Waals surface area contributed by atoms with Crippen LogP contribution in [0.15, 0.2) is 48.5 Å². The number of aromatic nitrogens is 4. The van der Waals surface area contributed by atoms with E-state index in [1.807, 2.05) is 48.5 Å². The number of methoxy groups -OCH3 is 2. The average molecular weight is 672 g/mol. The third-order valence-corrected chi connectivity index (χ3v) is 6.66. The molecule has 2 aromatic carbocycles. The number of aryl methyl sites for hydroxylation is 2. The Balaban J connectivity index is 0.000000250. The van der Waals surface area contributed by atoms with Gasteiger partial charge in [-0.1, -0.05) is 24.3 Å². The van der Waals surface area contributed by atoms with E-state index in [1.54, 1.807) is 41.9 Å². The molecule has 0 fully saturated rings. The zero-order valence-corrected chi connectivity index (χ0v) is 28.0. The van der Waals surface area contributed by atoms with Crippen LogP contribution in [0.5, 0.6) is 11.5 Å². The Morgan fingerprint density at radius 1 is 0.630 bits per heavy atom. The van der Waals surface area contributed by atoms with Crippen molar-refractivity contribution >= 4 is 46.8 Å². The minimum Gasteiger partial charge on any atom is -0.497 e. The van der Waals surface area contributed by atoms with Crippen LogP contribution >= 0.6 is 23.2 Å². The smallest absolute Gasteiger partial charge is 0.343 e. The molecular weight excluding hydrogens is 635 g/mol. The molecule has 0 saturated carbocycles. The molecule has 0 spiro atoms. The van der Waals surface area contributed by atoms with Crippen LogP contribution in [0.25, 0.3) is 0 Å². The number of ether oxygens (including phenoxy) is 4. The number of esters is 2. The van der Waals surface area contributed by atoms with E-state index in [-0.39, 0.29) is 23.8 Å². The molecule has 0 aliphatic carbocycles. The summed E-state index contributed by atoms with van der Waals surface area (Å²) < 4.78 is 20.3. The van der Waals surface area contributed by atoms with E-state index in [0.29, 0.717) is 47.2 Å². The first-order valence-electron chi connectivity index (χ1n) is 14.3. The van der Waals surface area contributed by atoms with Crippen molar-refractivity contribution in [3.8, 4) is 11.5 Å². The molecule has 0 atom stereocenters. The van der Waals surface area contributed by atoms with Gasteiger partial charge in [0, 0.05) is 13.1 Å². The minimum atomic E-state index is -0.473. The number of carbonyl (C=O) groups excluding carboxylic acids is 2. The molecule has 0 aliphatic heterocycles. The molecule has 0 unspecified atom stereocenters. The SMILES string of the molecule is CCOC(=O)c1c(C)nc(Cl)nc1NCc1ccc(OC)cc1.CCOC(=O)c1c(C)nc(Cl)nc1NCc1ccc(OC)cc1. The molecule has 14 heteroatoms. The molecule has 0 radical (unpaired) electrons. The Kier molecular flexibility index (Phi) is 13.8. The lowest BCUT2D eigenvalue weighted by atomic mass is 10.2. The lowest BCUT2D eigenvalue weighted by Gasteiger charge is -2.13. The number of carbonyl (C=O) groups is 2. The van der Waals surface area contributed by atoms with Gasteiger partial charge >= 0.3 is 11.9 Å². The van der Waals surface area contributed by atoms with Gasteiger partial charge in [0.1, 0.15) is 34.3 Å². The molecule has 2 N–H and O–H groups in total. The summed E-state index contributed by atoms with van der Waals surface area (Å²) in [7, 11) is 3.23. The molecule has 244 valence electrons. The molecule has 2 aromatic heterocycles. The predicted molar refractivity (Wildman–Crippen MR) is 176 cm³/mol. The highest BCUT2D eigenvalue weighted by molar-refractivity contribution is 6.28. The second kappa shape index (κ2) is 17.7. The van der Waals surface area contributed by atoms with Gasteiger partial charge in [0.15, 0.2) is 0 Å². The maximum Gasteiger partial charge on any atom is 0.343 e. The third kappa shape index (κ3) is 10.2. The fraction of sp³-hybridized carbons (Fsp3) is 0.312. The second-order valence-electron chi connectivity index (χ2n) is 9.45. The van der Waals surface area contributed by atoms with Crippen molar-refractivity contribution in [2.24, 2.45) is 0 Å². The van der Waals surface area contributed by atoms with Gasteiger partial charge in [-0.15, -0.1) is 0 Å². The van der Waals surface area contributed by atoms with E-state index in [0.717, 1.165) is 22.6 Å². The number of rotatable bonds is 12. The van der Waals surface area contributed by atoms with Crippen molar-refractivity contribution in [1.82, 2.24) is 19.9 Å². The number of benzene rings is 2. The average Bonchev–Trinajstić information content (AvgIpc) is 3.03. The molecule has 4 aromatic rings. The summed E-state index contributed by atoms with van der Waals surface area (Å²) in [5.41, 5.74) is 3.55. The first-order valence-corrected chi connectivity index (χ1v) is 15.0. The third-order valence-electron chi connectivity index (χ3n) is 6.32. The summed E-state index contributed by atoms with van der Waals surface area (Å²) in [4.78, 5) is 40.4. The van der Waals surface area contributed by atoms with Gasteiger partial charge in [-0.05, 0) is 86.3 Å². The molecule has 2 heterocycles. The Hall–Kier alpha value is -4.68. The van der Waals surface area contributed by atoms with Crippen molar-refractivity contribution in [3.63, 3.8) is 0 Å². The quantitative estimate of drug-likeness (QED) is 0.126. The zero-order valence-electron chi connectivity index (χ0n) is 26.4. The fourth-order valence-electron chi connectivity index (χ4n) is 4.09. The van der Waals surface area contributed by atoms with Crippen LogP contribution in [0.2, 0.25) is 10.6 Å². The second-order valence-corrected chi connectivity index (χ2v) is 10.1. The van der Waals surface area contributed by atoms with Crippen LogP contribution in [0.4, 0.5) is 11.6 Å². The Labute approximate surface area is 277 Å². The van der Waals surface area contributed by atoms with E-state index in [2.05, 4.69) is 30.6 Å². The molecule has 12 nitrogen and oxygen atoms in total. The monoisotopic (exact) mass is 670 g/mol. The molecule has 0 bridgehead atoms. The number of anilines is 2. The summed E-state index contributed by atoms with van der Waals surface area (Å²) in [5, 5.41) is 6.37. The molecule has 0 aliphatic rings. The number of hydrogen-bond donors (Lipinski definition) is 2. The first kappa shape index (κ1) is 35.8. The maximum atomic E-state index is 12.1. The highest BCUT2D eigenvalue weighted by Crippen LogP contribution is 2.22. The van der Waals surface area contributed by atoms with Crippen LogP contribution < -0.4 is 20.1 Å². The minimum absolute atomic E-state index is 0.0766. The normalized spacial score (nSPS) is 10.3. The molecule has 46 heavy (non-hydrogen) atoms. The van der Waals surface area contributed by atoms with Crippen LogP contribution in [0, 0.1) is 13.8 Å². The van der Waals surface area contributed by atoms with Gasteiger partial charge in [0.2, 0.25) is 10.6 Å². The van der Waals surface area contributed by atoms with Gasteiger partial charge < -0.3 is 29.6 Å². The molecule has 0 amide bonds. The summed E-state index contributed by atoms with van der Waals surface area (Å²) in [6.07, 6.45) is 0. The van der Waals surface area contributed by atoms with Crippen LogP contribution in [-0.2, 0) is 22.6 Å². The Bertz CT molecular complexity index is 1500. The van der Waals surface area contributed by atoms with Crippen molar-refractivity contribution in [2.45, 2.75) is 40.8 Å². The number of nitrogens with zero attached hydrogens (tertiary/aromatic N) is 4. The standard InChI is InChI=1S/2C16H18ClN3O3/c2*1-4-23-15(21)13-10(2)19-16(17)20-14(13)18-9-11-5-7-12(22-3)8-6-11/h2*5-8H,4,9H2,1-3H3,(H,18,19,20). The van der Waals surface area contributed by atoms with E-state index in [4.69, 9.17) is 42.1 Å². The summed E-state index contributed by atoms with van der Waals surface area (Å²) in [6, 6.07) is 15.1. The number of halogens is 2. The van der Waals surface area contributed by atoms with Gasteiger partial charge in [-0.25, -0.2) is 19.6 Å². The largest absolute Gasteiger partial charge is 0.497 e. The van der Waals surface area contributed by atoms with Crippen molar-refractivity contribution in [1.29, 1.82) is 0 Å². The van der Waals surface area contributed by atoms with E-state index >= 15 is 0 Å². The van der Waals surface area contributed by atoms with Gasteiger partial charge in [0.05, 0.1) is 38.8 Å². The fourth-order valence-corrected chi connectivity index (χ4v) is 4.51. The van der Waals surface area contributed by atoms with Crippen molar-refractivity contribution < 1.29 is 28.5 Å². The molecule has 4 rings (SSSR count). The highest BCUT2D eigenvalue weighted by Gasteiger charge is 2.20. The van der Waals surface area contributed by atoms with E-state index in [1.165, 1.54) is 0 Å². The maximum absolute atomic E-state index is 12.1. The van der Waals surface area contributed by atoms with E-state index in [9.17, 15) is 9.59 Å². The van der Waals surface area contributed by atoms with Crippen LogP contribution in [0.1, 0.15) is 57.1 Å². The number of nitrogens with one attached hydrogen (secondary N) is 2. The predicted octanol–water partition coefficient (Wildman–Crippen LogP) is 6.47. The zero-order chi connectivity index (χ0) is 33.6. The summed E-state index contributed by atoms with van der Waals surface area (Å²) in [6.45, 7) is 8.38. The van der Waals surface area contributed by atoms with Crippen molar-refractivity contribution in [3.05, 3.63) is 92.7 Å². The van der Waals surface area contributed by atoms with E-state index < -0.39 is 11.9 Å². The summed E-state index contributed by atoms with van der Waals surface area (Å²) >= 11 is 11.8. The van der Waals surface area contributed by atoms with Gasteiger partial charge in [-0.3, -0.25) is 0 Å². The Morgan fingerprint density at radius 3 is 1.28 bits per heavy atom. The van der Waals surface area contributed by atoms with Crippen LogP contribution in [-0.4, -0.2) is 59.3 Å². The highest BCUT2D eigenvalue weighted by atomic mass is 35.5. The molecular formula is C32H36Cl2N6O6.